The van der Waals surface area contributed by atoms with Crippen LogP contribution in [0.3, 0.4) is 0 Å². The Kier molecular flexibility index (Phi) is 8.57. The summed E-state index contributed by atoms with van der Waals surface area (Å²) >= 11 is 0. The highest BCUT2D eigenvalue weighted by Gasteiger charge is 2.09. The summed E-state index contributed by atoms with van der Waals surface area (Å²) in [7, 11) is 0. The summed E-state index contributed by atoms with van der Waals surface area (Å²) in [6, 6.07) is 0. The van der Waals surface area contributed by atoms with Gasteiger partial charge in [0.2, 0.25) is 5.91 Å². The van der Waals surface area contributed by atoms with Crippen LogP contribution in [0.2, 0.25) is 0 Å². The summed E-state index contributed by atoms with van der Waals surface area (Å²) in [5.74, 6) is 0.178. The zero-order valence-electron chi connectivity index (χ0n) is 9.29. The molecular formula is C10H22N2O2. The van der Waals surface area contributed by atoms with Gasteiger partial charge in [-0.25, -0.2) is 0 Å². The zero-order chi connectivity index (χ0) is 10.8. The van der Waals surface area contributed by atoms with Gasteiger partial charge in [0, 0.05) is 26.1 Å². The molecule has 2 N–H and O–H groups in total. The van der Waals surface area contributed by atoms with E-state index in [4.69, 9.17) is 10.5 Å². The van der Waals surface area contributed by atoms with Crippen molar-refractivity contribution in [3.05, 3.63) is 0 Å². The van der Waals surface area contributed by atoms with E-state index in [9.17, 15) is 4.79 Å². The predicted molar refractivity (Wildman–Crippen MR) is 57.0 cm³/mol. The van der Waals surface area contributed by atoms with Crippen molar-refractivity contribution in [3.63, 3.8) is 0 Å². The highest BCUT2D eigenvalue weighted by molar-refractivity contribution is 5.76. The van der Waals surface area contributed by atoms with Crippen molar-refractivity contribution in [2.45, 2.75) is 26.7 Å². The minimum absolute atomic E-state index is 0.178. The smallest absolute Gasteiger partial charge is 0.222 e. The third-order valence-corrected chi connectivity index (χ3v) is 2.04. The molecule has 0 heterocycles. The van der Waals surface area contributed by atoms with E-state index < -0.39 is 0 Å². The second kappa shape index (κ2) is 8.97. The van der Waals surface area contributed by atoms with Gasteiger partial charge >= 0.3 is 0 Å². The highest BCUT2D eigenvalue weighted by atomic mass is 16.5. The Bertz CT molecular complexity index is 151. The first kappa shape index (κ1) is 13.4. The number of hydrogen-bond acceptors (Lipinski definition) is 3. The second-order valence-corrected chi connectivity index (χ2v) is 3.06. The van der Waals surface area contributed by atoms with Crippen LogP contribution in [0.4, 0.5) is 0 Å². The molecule has 1 amide bonds. The molecule has 0 aliphatic rings. The van der Waals surface area contributed by atoms with Gasteiger partial charge in [0.05, 0.1) is 6.61 Å². The third kappa shape index (κ3) is 5.94. The Hall–Kier alpha value is -0.610. The lowest BCUT2D eigenvalue weighted by molar-refractivity contribution is -0.131. The molecule has 0 unspecified atom stereocenters. The molecule has 0 atom stereocenters. The largest absolute Gasteiger partial charge is 0.380 e. The molecule has 84 valence electrons. The molecule has 0 spiro atoms. The van der Waals surface area contributed by atoms with Crippen LogP contribution in [0.15, 0.2) is 0 Å². The summed E-state index contributed by atoms with van der Waals surface area (Å²) in [4.78, 5) is 13.4. The number of rotatable bonds is 8. The standard InChI is InChI=1S/C10H22N2O2/c1-3-12(8-9-14-4-2)10(13)6-5-7-11/h3-9,11H2,1-2H3. The molecule has 4 nitrogen and oxygen atoms in total. The van der Waals surface area contributed by atoms with Gasteiger partial charge in [-0.3, -0.25) is 4.79 Å². The number of nitrogens with zero attached hydrogens (tertiary/aromatic N) is 1. The predicted octanol–water partition coefficient (Wildman–Crippen LogP) is 0.610. The van der Waals surface area contributed by atoms with Crippen LogP contribution in [0.5, 0.6) is 0 Å². The van der Waals surface area contributed by atoms with Crippen molar-refractivity contribution in [1.82, 2.24) is 4.90 Å². The van der Waals surface area contributed by atoms with Gasteiger partial charge in [-0.15, -0.1) is 0 Å². The quantitative estimate of drug-likeness (QED) is 0.587. The van der Waals surface area contributed by atoms with E-state index >= 15 is 0 Å². The van der Waals surface area contributed by atoms with Crippen LogP contribution >= 0.6 is 0 Å². The van der Waals surface area contributed by atoms with Gasteiger partial charge < -0.3 is 15.4 Å². The molecule has 0 aromatic carbocycles. The zero-order valence-corrected chi connectivity index (χ0v) is 9.29. The number of carbonyl (C=O) groups is 1. The summed E-state index contributed by atoms with van der Waals surface area (Å²) < 4.78 is 5.20. The fourth-order valence-electron chi connectivity index (χ4n) is 1.19. The van der Waals surface area contributed by atoms with E-state index in [2.05, 4.69) is 0 Å². The van der Waals surface area contributed by atoms with E-state index in [-0.39, 0.29) is 5.91 Å². The summed E-state index contributed by atoms with van der Waals surface area (Å²) in [6.45, 7) is 7.27. The van der Waals surface area contributed by atoms with Crippen molar-refractivity contribution >= 4 is 5.91 Å². The highest BCUT2D eigenvalue weighted by Crippen LogP contribution is 1.97. The number of nitrogens with two attached hydrogens (primary N) is 1. The van der Waals surface area contributed by atoms with Gasteiger partial charge in [-0.2, -0.15) is 0 Å². The van der Waals surface area contributed by atoms with Crippen molar-refractivity contribution in [1.29, 1.82) is 0 Å². The number of likely N-dealkylation sites (N-methyl/N-ethyl adjacent to an activating group) is 1. The fourth-order valence-corrected chi connectivity index (χ4v) is 1.19. The molecule has 0 rings (SSSR count). The molecule has 0 saturated heterocycles. The minimum atomic E-state index is 0.178. The Morgan fingerprint density at radius 1 is 1.43 bits per heavy atom. The maximum atomic E-state index is 11.5. The van der Waals surface area contributed by atoms with Gasteiger partial charge in [-0.05, 0) is 26.8 Å². The lowest BCUT2D eigenvalue weighted by atomic mass is 10.3. The first-order valence-electron chi connectivity index (χ1n) is 5.31. The third-order valence-electron chi connectivity index (χ3n) is 2.04. The molecule has 0 saturated carbocycles. The van der Waals surface area contributed by atoms with E-state index in [0.29, 0.717) is 32.7 Å². The van der Waals surface area contributed by atoms with E-state index in [1.165, 1.54) is 0 Å². The van der Waals surface area contributed by atoms with E-state index in [1.54, 1.807) is 0 Å². The van der Waals surface area contributed by atoms with Gasteiger partial charge in [0.15, 0.2) is 0 Å². The van der Waals surface area contributed by atoms with Gasteiger partial charge in [-0.1, -0.05) is 0 Å². The molecule has 14 heavy (non-hydrogen) atoms. The first-order chi connectivity index (χ1) is 6.76. The van der Waals surface area contributed by atoms with Crippen molar-refractivity contribution in [3.8, 4) is 0 Å². The van der Waals surface area contributed by atoms with Gasteiger partial charge in [0.25, 0.3) is 0 Å². The molecule has 0 aromatic rings. The maximum Gasteiger partial charge on any atom is 0.222 e. The Balaban J connectivity index is 3.69. The Morgan fingerprint density at radius 3 is 2.64 bits per heavy atom. The molecule has 0 aliphatic carbocycles. The topological polar surface area (TPSA) is 55.6 Å². The molecule has 0 bridgehead atoms. The van der Waals surface area contributed by atoms with Crippen molar-refractivity contribution in [2.24, 2.45) is 5.73 Å². The normalized spacial score (nSPS) is 10.2. The van der Waals surface area contributed by atoms with Crippen molar-refractivity contribution in [2.75, 3.05) is 32.8 Å². The monoisotopic (exact) mass is 202 g/mol. The molecular weight excluding hydrogens is 180 g/mol. The van der Waals surface area contributed by atoms with E-state index in [0.717, 1.165) is 13.0 Å². The van der Waals surface area contributed by atoms with E-state index in [1.807, 2.05) is 18.7 Å². The summed E-state index contributed by atoms with van der Waals surface area (Å²) in [6.07, 6.45) is 1.32. The number of carbonyl (C=O) groups excluding carboxylic acids is 1. The Labute approximate surface area is 86.4 Å². The first-order valence-corrected chi connectivity index (χ1v) is 5.31. The molecule has 0 aromatic heterocycles. The van der Waals surface area contributed by atoms with Crippen LogP contribution in [0.1, 0.15) is 26.7 Å². The molecule has 0 aliphatic heterocycles. The van der Waals surface area contributed by atoms with Gasteiger partial charge in [0.1, 0.15) is 0 Å². The minimum Gasteiger partial charge on any atom is -0.380 e. The second-order valence-electron chi connectivity index (χ2n) is 3.06. The van der Waals surface area contributed by atoms with Crippen molar-refractivity contribution < 1.29 is 9.53 Å². The number of hydrogen-bond donors (Lipinski definition) is 1. The average molecular weight is 202 g/mol. The van der Waals surface area contributed by atoms with Crippen LogP contribution in [-0.2, 0) is 9.53 Å². The summed E-state index contributed by atoms with van der Waals surface area (Å²) in [5.41, 5.74) is 5.34. The van der Waals surface area contributed by atoms with Crippen LogP contribution in [0.25, 0.3) is 0 Å². The molecule has 4 heteroatoms. The maximum absolute atomic E-state index is 11.5. The lowest BCUT2D eigenvalue weighted by Crippen LogP contribution is -2.34. The van der Waals surface area contributed by atoms with Crippen LogP contribution in [-0.4, -0.2) is 43.7 Å². The lowest BCUT2D eigenvalue weighted by Gasteiger charge is -2.20. The number of ether oxygens (including phenoxy) is 1. The van der Waals surface area contributed by atoms with Crippen LogP contribution < -0.4 is 5.73 Å². The fraction of sp³-hybridized carbons (Fsp3) is 0.900. The Morgan fingerprint density at radius 2 is 2.14 bits per heavy atom. The van der Waals surface area contributed by atoms with Crippen LogP contribution in [0, 0.1) is 0 Å². The molecule has 0 radical (unpaired) electrons. The molecule has 0 fully saturated rings. The SMILES string of the molecule is CCOCCN(CC)C(=O)CCCN. The number of amides is 1. The summed E-state index contributed by atoms with van der Waals surface area (Å²) in [5, 5.41) is 0. The average Bonchev–Trinajstić information content (AvgIpc) is 2.21.